The van der Waals surface area contributed by atoms with Crippen LogP contribution in [0.3, 0.4) is 0 Å². The standard InChI is InChI=1S/C8H16N2O2S/c1-6(11)7(2-4-9)10-8(12)3-5-13/h7,13H,2-5,9H2,1H3,(H,10,12). The van der Waals surface area contributed by atoms with Crippen molar-refractivity contribution in [2.24, 2.45) is 5.73 Å². The third kappa shape index (κ3) is 5.65. The van der Waals surface area contributed by atoms with Gasteiger partial charge in [0.25, 0.3) is 0 Å². The molecule has 13 heavy (non-hydrogen) atoms. The fraction of sp³-hybridized carbons (Fsp3) is 0.750. The lowest BCUT2D eigenvalue weighted by Gasteiger charge is -2.14. The average Bonchev–Trinajstić information content (AvgIpc) is 2.04. The van der Waals surface area contributed by atoms with Gasteiger partial charge in [-0.3, -0.25) is 9.59 Å². The molecule has 0 bridgehead atoms. The van der Waals surface area contributed by atoms with Gasteiger partial charge in [0.1, 0.15) is 0 Å². The summed E-state index contributed by atoms with van der Waals surface area (Å²) in [5, 5.41) is 2.60. The zero-order chi connectivity index (χ0) is 10.3. The van der Waals surface area contributed by atoms with E-state index >= 15 is 0 Å². The molecule has 0 saturated heterocycles. The molecule has 0 fully saturated rings. The van der Waals surface area contributed by atoms with Crippen LogP contribution in [0.15, 0.2) is 0 Å². The number of hydrogen-bond donors (Lipinski definition) is 3. The van der Waals surface area contributed by atoms with Crippen molar-refractivity contribution in [2.75, 3.05) is 12.3 Å². The predicted octanol–water partition coefficient (Wildman–Crippen LogP) is -0.271. The Morgan fingerprint density at radius 3 is 2.54 bits per heavy atom. The van der Waals surface area contributed by atoms with Gasteiger partial charge >= 0.3 is 0 Å². The van der Waals surface area contributed by atoms with Gasteiger partial charge < -0.3 is 11.1 Å². The monoisotopic (exact) mass is 204 g/mol. The van der Waals surface area contributed by atoms with Crippen molar-refractivity contribution in [3.05, 3.63) is 0 Å². The summed E-state index contributed by atoms with van der Waals surface area (Å²) >= 11 is 3.92. The second-order valence-corrected chi connectivity index (χ2v) is 3.23. The number of amides is 1. The smallest absolute Gasteiger partial charge is 0.221 e. The summed E-state index contributed by atoms with van der Waals surface area (Å²) in [6.45, 7) is 1.84. The SMILES string of the molecule is CC(=O)C(CCN)NC(=O)CCS. The highest BCUT2D eigenvalue weighted by atomic mass is 32.1. The van der Waals surface area contributed by atoms with Crippen molar-refractivity contribution in [3.8, 4) is 0 Å². The van der Waals surface area contributed by atoms with Crippen molar-refractivity contribution < 1.29 is 9.59 Å². The Bertz CT molecular complexity index is 185. The first-order chi connectivity index (χ1) is 6.11. The minimum absolute atomic E-state index is 0.0574. The van der Waals surface area contributed by atoms with E-state index < -0.39 is 6.04 Å². The molecule has 0 aliphatic carbocycles. The number of carbonyl (C=O) groups is 2. The van der Waals surface area contributed by atoms with E-state index in [1.165, 1.54) is 6.92 Å². The minimum atomic E-state index is -0.433. The van der Waals surface area contributed by atoms with Gasteiger partial charge in [-0.15, -0.1) is 0 Å². The summed E-state index contributed by atoms with van der Waals surface area (Å²) in [7, 11) is 0. The zero-order valence-corrected chi connectivity index (χ0v) is 8.64. The molecule has 1 unspecified atom stereocenters. The lowest BCUT2D eigenvalue weighted by Crippen LogP contribution is -2.41. The van der Waals surface area contributed by atoms with Gasteiger partial charge in [-0.25, -0.2) is 0 Å². The first-order valence-electron chi connectivity index (χ1n) is 4.22. The molecule has 0 rings (SSSR count). The Morgan fingerprint density at radius 1 is 1.54 bits per heavy atom. The van der Waals surface area contributed by atoms with Crippen LogP contribution >= 0.6 is 12.6 Å². The van der Waals surface area contributed by atoms with Crippen molar-refractivity contribution >= 4 is 24.3 Å². The van der Waals surface area contributed by atoms with Crippen LogP contribution < -0.4 is 11.1 Å². The molecule has 3 N–H and O–H groups in total. The maximum atomic E-state index is 11.1. The Labute approximate surface area is 83.7 Å². The zero-order valence-electron chi connectivity index (χ0n) is 7.75. The number of nitrogens with two attached hydrogens (primary N) is 1. The fourth-order valence-electron chi connectivity index (χ4n) is 0.912. The molecular weight excluding hydrogens is 188 g/mol. The highest BCUT2D eigenvalue weighted by molar-refractivity contribution is 7.80. The van der Waals surface area contributed by atoms with Crippen molar-refractivity contribution in [2.45, 2.75) is 25.8 Å². The van der Waals surface area contributed by atoms with Crippen LogP contribution in [-0.4, -0.2) is 30.0 Å². The maximum absolute atomic E-state index is 11.1. The van der Waals surface area contributed by atoms with Gasteiger partial charge in [0.05, 0.1) is 6.04 Å². The largest absolute Gasteiger partial charge is 0.346 e. The quantitative estimate of drug-likeness (QED) is 0.521. The Hall–Kier alpha value is -0.550. The fourth-order valence-corrected chi connectivity index (χ4v) is 1.11. The van der Waals surface area contributed by atoms with Gasteiger partial charge in [0.15, 0.2) is 5.78 Å². The van der Waals surface area contributed by atoms with Crippen LogP contribution in [0.4, 0.5) is 0 Å². The summed E-state index contributed by atoms with van der Waals surface area (Å²) in [6, 6.07) is -0.433. The highest BCUT2D eigenvalue weighted by Crippen LogP contribution is 1.94. The van der Waals surface area contributed by atoms with Crippen LogP contribution in [-0.2, 0) is 9.59 Å². The first kappa shape index (κ1) is 12.4. The molecule has 0 heterocycles. The third-order valence-corrected chi connectivity index (χ3v) is 1.84. The highest BCUT2D eigenvalue weighted by Gasteiger charge is 2.14. The molecular formula is C8H16N2O2S. The molecule has 0 aliphatic heterocycles. The van der Waals surface area contributed by atoms with Crippen molar-refractivity contribution in [3.63, 3.8) is 0 Å². The second kappa shape index (κ2) is 6.91. The summed E-state index contributed by atoms with van der Waals surface area (Å²) in [4.78, 5) is 22.1. The number of hydrogen-bond acceptors (Lipinski definition) is 4. The van der Waals surface area contributed by atoms with Crippen LogP contribution in [0.1, 0.15) is 19.8 Å². The molecule has 0 aromatic heterocycles. The molecule has 0 radical (unpaired) electrons. The predicted molar refractivity (Wildman–Crippen MR) is 54.8 cm³/mol. The van der Waals surface area contributed by atoms with Gasteiger partial charge in [0.2, 0.25) is 5.91 Å². The number of rotatable bonds is 6. The minimum Gasteiger partial charge on any atom is -0.346 e. The molecule has 0 aromatic rings. The van der Waals surface area contributed by atoms with Gasteiger partial charge in [-0.2, -0.15) is 12.6 Å². The Morgan fingerprint density at radius 2 is 2.15 bits per heavy atom. The molecule has 4 nitrogen and oxygen atoms in total. The number of ketones is 1. The first-order valence-corrected chi connectivity index (χ1v) is 4.85. The molecule has 1 atom stereocenters. The van der Waals surface area contributed by atoms with E-state index in [0.29, 0.717) is 25.1 Å². The van der Waals surface area contributed by atoms with E-state index in [1.54, 1.807) is 0 Å². The van der Waals surface area contributed by atoms with Crippen LogP contribution in [0.2, 0.25) is 0 Å². The maximum Gasteiger partial charge on any atom is 0.221 e. The molecule has 0 aliphatic rings. The topological polar surface area (TPSA) is 72.2 Å². The van der Waals surface area contributed by atoms with Gasteiger partial charge in [-0.05, 0) is 25.6 Å². The molecule has 76 valence electrons. The normalized spacial score (nSPS) is 12.2. The molecule has 0 spiro atoms. The van der Waals surface area contributed by atoms with E-state index in [4.69, 9.17) is 5.73 Å². The summed E-state index contributed by atoms with van der Waals surface area (Å²) < 4.78 is 0. The third-order valence-electron chi connectivity index (χ3n) is 1.62. The Balaban J connectivity index is 3.94. The number of nitrogens with one attached hydrogen (secondary N) is 1. The van der Waals surface area contributed by atoms with E-state index in [1.807, 2.05) is 0 Å². The number of Topliss-reactive ketones (excluding diaryl/α,β-unsaturated/α-hetero) is 1. The molecule has 0 aromatic carbocycles. The van der Waals surface area contributed by atoms with Gasteiger partial charge in [0, 0.05) is 6.42 Å². The molecule has 5 heteroatoms. The van der Waals surface area contributed by atoms with E-state index in [2.05, 4.69) is 17.9 Å². The van der Waals surface area contributed by atoms with Crippen LogP contribution in [0, 0.1) is 0 Å². The lowest BCUT2D eigenvalue weighted by atomic mass is 10.1. The van der Waals surface area contributed by atoms with Crippen molar-refractivity contribution in [1.29, 1.82) is 0 Å². The van der Waals surface area contributed by atoms with E-state index in [9.17, 15) is 9.59 Å². The summed E-state index contributed by atoms with van der Waals surface area (Å²) in [6.07, 6.45) is 0.825. The summed E-state index contributed by atoms with van der Waals surface area (Å²) in [5.41, 5.74) is 5.30. The second-order valence-electron chi connectivity index (χ2n) is 2.78. The van der Waals surface area contributed by atoms with E-state index in [-0.39, 0.29) is 11.7 Å². The van der Waals surface area contributed by atoms with Crippen molar-refractivity contribution in [1.82, 2.24) is 5.32 Å². The number of thiol groups is 1. The average molecular weight is 204 g/mol. The lowest BCUT2D eigenvalue weighted by molar-refractivity contribution is -0.126. The molecule has 1 amide bonds. The molecule has 0 saturated carbocycles. The Kier molecular flexibility index (Phi) is 6.62. The van der Waals surface area contributed by atoms with Crippen LogP contribution in [0.5, 0.6) is 0 Å². The van der Waals surface area contributed by atoms with Crippen LogP contribution in [0.25, 0.3) is 0 Å². The summed E-state index contributed by atoms with van der Waals surface area (Å²) in [5.74, 6) is 0.278. The number of carbonyl (C=O) groups excluding carboxylic acids is 2. The van der Waals surface area contributed by atoms with Gasteiger partial charge in [-0.1, -0.05) is 0 Å². The van der Waals surface area contributed by atoms with E-state index in [0.717, 1.165) is 0 Å².